The maximum Gasteiger partial charge on any atom is 0.221 e. The number of carbonyl (C=O) groups is 1. The fraction of sp³-hybridized carbons (Fsp3) is 0.667. The van der Waals surface area contributed by atoms with Crippen LogP contribution in [0.4, 0.5) is 5.82 Å². The molecule has 2 heterocycles. The van der Waals surface area contributed by atoms with Crippen LogP contribution < -0.4 is 16.0 Å². The van der Waals surface area contributed by atoms with Crippen molar-refractivity contribution in [3.05, 3.63) is 17.6 Å². The Morgan fingerprint density at radius 3 is 2.48 bits per heavy atom. The number of halogens is 2. The molecule has 8 heteroatoms. The first kappa shape index (κ1) is 21.9. The molecule has 3 N–H and O–H groups in total. The molecule has 1 amide bonds. The van der Waals surface area contributed by atoms with Crippen LogP contribution in [0.1, 0.15) is 37.7 Å². The maximum atomic E-state index is 11.7. The first-order valence-corrected chi connectivity index (χ1v) is 7.56. The zero-order chi connectivity index (χ0) is 15.4. The minimum atomic E-state index is -0.0861. The molecule has 1 saturated heterocycles. The van der Waals surface area contributed by atoms with Gasteiger partial charge in [0.1, 0.15) is 11.6 Å². The van der Waals surface area contributed by atoms with E-state index in [1.165, 1.54) is 0 Å². The lowest BCUT2D eigenvalue weighted by Crippen LogP contribution is -2.45. The molecule has 1 atom stereocenters. The number of nitrogens with two attached hydrogens (primary N) is 1. The van der Waals surface area contributed by atoms with Crippen molar-refractivity contribution in [2.24, 2.45) is 5.73 Å². The van der Waals surface area contributed by atoms with Gasteiger partial charge < -0.3 is 16.0 Å². The van der Waals surface area contributed by atoms with Gasteiger partial charge in [-0.3, -0.25) is 4.79 Å². The van der Waals surface area contributed by atoms with E-state index in [0.717, 1.165) is 43.3 Å². The molecule has 0 radical (unpaired) electrons. The number of carbonyl (C=O) groups excluding carboxylic acids is 1. The summed E-state index contributed by atoms with van der Waals surface area (Å²) in [6.07, 6.45) is 2.27. The van der Waals surface area contributed by atoms with Crippen molar-refractivity contribution in [2.75, 3.05) is 18.0 Å². The van der Waals surface area contributed by atoms with E-state index in [4.69, 9.17) is 5.73 Å². The van der Waals surface area contributed by atoms with Crippen molar-refractivity contribution in [3.8, 4) is 0 Å². The summed E-state index contributed by atoms with van der Waals surface area (Å²) in [5.74, 6) is 1.84. The fourth-order valence-corrected chi connectivity index (χ4v) is 2.69. The highest BCUT2D eigenvalue weighted by Crippen LogP contribution is 2.18. The van der Waals surface area contributed by atoms with E-state index in [0.29, 0.717) is 6.42 Å². The van der Waals surface area contributed by atoms with E-state index >= 15 is 0 Å². The second kappa shape index (κ2) is 9.90. The molecule has 1 aliphatic heterocycles. The van der Waals surface area contributed by atoms with Crippen LogP contribution in [-0.2, 0) is 4.79 Å². The summed E-state index contributed by atoms with van der Waals surface area (Å²) in [7, 11) is 0. The minimum Gasteiger partial charge on any atom is -0.356 e. The summed E-state index contributed by atoms with van der Waals surface area (Å²) in [6.45, 7) is 7.55. The summed E-state index contributed by atoms with van der Waals surface area (Å²) in [5.41, 5.74) is 6.63. The summed E-state index contributed by atoms with van der Waals surface area (Å²) < 4.78 is 0. The third kappa shape index (κ3) is 6.89. The van der Waals surface area contributed by atoms with Crippen molar-refractivity contribution in [1.29, 1.82) is 0 Å². The predicted octanol–water partition coefficient (Wildman–Crippen LogP) is 1.76. The molecule has 2 rings (SSSR count). The zero-order valence-corrected chi connectivity index (χ0v) is 15.5. The normalized spacial score (nSPS) is 16.1. The van der Waals surface area contributed by atoms with Gasteiger partial charge in [0.25, 0.3) is 0 Å². The molecule has 1 aromatic rings. The molecule has 6 nitrogen and oxygen atoms in total. The standard InChI is InChI=1S/C15H25N5O.2ClH/c1-10(16)8-15(21)19-13-4-6-20(7-5-13)14-9-11(2)17-12(3)18-14;;/h9-10,13H,4-8,16H2,1-3H3,(H,19,21);2*1H. The van der Waals surface area contributed by atoms with Gasteiger partial charge in [-0.1, -0.05) is 0 Å². The number of hydrogen-bond donors (Lipinski definition) is 2. The molecule has 0 spiro atoms. The molecule has 0 bridgehead atoms. The van der Waals surface area contributed by atoms with E-state index in [-0.39, 0.29) is 42.8 Å². The summed E-state index contributed by atoms with van der Waals surface area (Å²) in [6, 6.07) is 2.18. The highest BCUT2D eigenvalue weighted by atomic mass is 35.5. The van der Waals surface area contributed by atoms with Gasteiger partial charge in [-0.2, -0.15) is 0 Å². The van der Waals surface area contributed by atoms with Gasteiger partial charge in [0.2, 0.25) is 5.91 Å². The molecule has 1 aromatic heterocycles. The fourth-order valence-electron chi connectivity index (χ4n) is 2.69. The quantitative estimate of drug-likeness (QED) is 0.851. The lowest BCUT2D eigenvalue weighted by molar-refractivity contribution is -0.122. The topological polar surface area (TPSA) is 84.1 Å². The minimum absolute atomic E-state index is 0. The average molecular weight is 364 g/mol. The van der Waals surface area contributed by atoms with E-state index < -0.39 is 0 Å². The Morgan fingerprint density at radius 1 is 1.35 bits per heavy atom. The van der Waals surface area contributed by atoms with E-state index in [2.05, 4.69) is 20.2 Å². The Morgan fingerprint density at radius 2 is 1.96 bits per heavy atom. The van der Waals surface area contributed by atoms with E-state index in [9.17, 15) is 4.79 Å². The van der Waals surface area contributed by atoms with Crippen molar-refractivity contribution in [1.82, 2.24) is 15.3 Å². The maximum absolute atomic E-state index is 11.7. The largest absolute Gasteiger partial charge is 0.356 e. The van der Waals surface area contributed by atoms with Crippen LogP contribution in [0, 0.1) is 13.8 Å². The number of amides is 1. The first-order chi connectivity index (χ1) is 9.94. The molecule has 0 saturated carbocycles. The van der Waals surface area contributed by atoms with Crippen LogP contribution in [0.2, 0.25) is 0 Å². The van der Waals surface area contributed by atoms with Gasteiger partial charge in [-0.15, -0.1) is 24.8 Å². The van der Waals surface area contributed by atoms with Crippen molar-refractivity contribution in [3.63, 3.8) is 0 Å². The number of aromatic nitrogens is 2. The Hall–Kier alpha value is -1.11. The predicted molar refractivity (Wildman–Crippen MR) is 97.6 cm³/mol. The van der Waals surface area contributed by atoms with Gasteiger partial charge in [-0.25, -0.2) is 9.97 Å². The number of rotatable bonds is 4. The van der Waals surface area contributed by atoms with Crippen molar-refractivity contribution >= 4 is 36.5 Å². The second-order valence-corrected chi connectivity index (χ2v) is 5.92. The lowest BCUT2D eigenvalue weighted by Gasteiger charge is -2.33. The van der Waals surface area contributed by atoms with E-state index in [1.54, 1.807) is 0 Å². The smallest absolute Gasteiger partial charge is 0.221 e. The summed E-state index contributed by atoms with van der Waals surface area (Å²) >= 11 is 0. The molecular weight excluding hydrogens is 337 g/mol. The Kier molecular flexibility index (Phi) is 9.42. The number of piperidine rings is 1. The molecule has 132 valence electrons. The third-order valence-electron chi connectivity index (χ3n) is 3.64. The van der Waals surface area contributed by atoms with Gasteiger partial charge in [-0.05, 0) is 33.6 Å². The highest BCUT2D eigenvalue weighted by molar-refractivity contribution is 5.85. The van der Waals surface area contributed by atoms with Crippen LogP contribution in [-0.4, -0.2) is 41.0 Å². The molecule has 1 fully saturated rings. The number of anilines is 1. The Labute approximate surface area is 150 Å². The van der Waals surface area contributed by atoms with Gasteiger partial charge in [0.15, 0.2) is 0 Å². The van der Waals surface area contributed by atoms with Gasteiger partial charge in [0.05, 0.1) is 0 Å². The molecule has 23 heavy (non-hydrogen) atoms. The molecular formula is C15H27Cl2N5O. The zero-order valence-electron chi connectivity index (χ0n) is 13.9. The van der Waals surface area contributed by atoms with Crippen LogP contribution in [0.25, 0.3) is 0 Å². The first-order valence-electron chi connectivity index (χ1n) is 7.56. The van der Waals surface area contributed by atoms with Crippen LogP contribution >= 0.6 is 24.8 Å². The summed E-state index contributed by atoms with van der Waals surface area (Å²) in [5, 5.41) is 3.07. The number of aryl methyl sites for hydroxylation is 2. The Balaban J connectivity index is 0.00000242. The number of hydrogen-bond acceptors (Lipinski definition) is 5. The Bertz CT molecular complexity index is 484. The monoisotopic (exact) mass is 363 g/mol. The third-order valence-corrected chi connectivity index (χ3v) is 3.64. The summed E-state index contributed by atoms with van der Waals surface area (Å²) in [4.78, 5) is 22.8. The average Bonchev–Trinajstić information content (AvgIpc) is 2.37. The van der Waals surface area contributed by atoms with Gasteiger partial charge in [0, 0.05) is 43.4 Å². The highest BCUT2D eigenvalue weighted by Gasteiger charge is 2.22. The van der Waals surface area contributed by atoms with Crippen LogP contribution in [0.5, 0.6) is 0 Å². The second-order valence-electron chi connectivity index (χ2n) is 5.92. The van der Waals surface area contributed by atoms with Crippen molar-refractivity contribution in [2.45, 2.75) is 52.1 Å². The molecule has 0 aliphatic carbocycles. The molecule has 1 unspecified atom stereocenters. The SMILES string of the molecule is Cc1cc(N2CCC(NC(=O)CC(C)N)CC2)nc(C)n1.Cl.Cl. The lowest BCUT2D eigenvalue weighted by atomic mass is 10.0. The number of nitrogens with one attached hydrogen (secondary N) is 1. The number of nitrogens with zero attached hydrogens (tertiary/aromatic N) is 3. The van der Waals surface area contributed by atoms with Crippen molar-refractivity contribution < 1.29 is 4.79 Å². The van der Waals surface area contributed by atoms with Crippen LogP contribution in [0.15, 0.2) is 6.07 Å². The van der Waals surface area contributed by atoms with Gasteiger partial charge >= 0.3 is 0 Å². The molecule has 0 aromatic carbocycles. The molecule has 1 aliphatic rings. The van der Waals surface area contributed by atoms with E-state index in [1.807, 2.05) is 26.8 Å². The van der Waals surface area contributed by atoms with Crippen LogP contribution in [0.3, 0.4) is 0 Å².